The molecule has 0 saturated carbocycles. The molecule has 5 nitrogen and oxygen atoms in total. The van der Waals surface area contributed by atoms with Crippen molar-refractivity contribution in [1.29, 1.82) is 0 Å². The van der Waals surface area contributed by atoms with Crippen LogP contribution in [0.1, 0.15) is 5.82 Å². The zero-order valence-corrected chi connectivity index (χ0v) is 9.01. The number of hydrogen-bond acceptors (Lipinski definition) is 4. The fourth-order valence-electron chi connectivity index (χ4n) is 1.75. The van der Waals surface area contributed by atoms with Crippen LogP contribution in [0.5, 0.6) is 0 Å². The van der Waals surface area contributed by atoms with Crippen molar-refractivity contribution in [3.05, 3.63) is 30.5 Å². The molecule has 0 unspecified atom stereocenters. The average Bonchev–Trinajstić information content (AvgIpc) is 2.89. The van der Waals surface area contributed by atoms with Gasteiger partial charge in [0.05, 0.1) is 6.26 Å². The van der Waals surface area contributed by atoms with Gasteiger partial charge in [-0.2, -0.15) is 0 Å². The first-order valence-electron chi connectivity index (χ1n) is 4.95. The summed E-state index contributed by atoms with van der Waals surface area (Å²) < 4.78 is 7.37. The summed E-state index contributed by atoms with van der Waals surface area (Å²) in [5.41, 5.74) is 1.67. The summed E-state index contributed by atoms with van der Waals surface area (Å²) in [5, 5.41) is 0. The standard InChI is InChI=1S/C11H10N4O/c1-7-14-11-9(12-6-13-11)10(15(7)2)8-4-3-5-16-8/h3-6H,1-2H3. The van der Waals surface area contributed by atoms with Crippen molar-refractivity contribution in [2.75, 3.05) is 0 Å². The van der Waals surface area contributed by atoms with E-state index in [-0.39, 0.29) is 0 Å². The number of aromatic nitrogens is 4. The molecular weight excluding hydrogens is 204 g/mol. The molecule has 0 N–H and O–H groups in total. The van der Waals surface area contributed by atoms with Gasteiger partial charge in [0, 0.05) is 7.05 Å². The number of rotatable bonds is 1. The molecular formula is C11H10N4O. The Hall–Kier alpha value is -2.17. The zero-order valence-electron chi connectivity index (χ0n) is 9.01. The van der Waals surface area contributed by atoms with Gasteiger partial charge in [0.1, 0.15) is 23.5 Å². The number of fused-ring (bicyclic) bond motifs is 1. The molecule has 0 spiro atoms. The van der Waals surface area contributed by atoms with E-state index in [9.17, 15) is 0 Å². The van der Waals surface area contributed by atoms with E-state index in [1.807, 2.05) is 30.7 Å². The molecule has 0 aliphatic carbocycles. The summed E-state index contributed by atoms with van der Waals surface area (Å²) in [4.78, 5) is 12.7. The minimum absolute atomic E-state index is 0.655. The lowest BCUT2D eigenvalue weighted by molar-refractivity contribution is 0.574. The molecule has 0 atom stereocenters. The summed E-state index contributed by atoms with van der Waals surface area (Å²) in [6, 6.07) is 3.76. The van der Waals surface area contributed by atoms with Crippen LogP contribution in [0.4, 0.5) is 0 Å². The predicted octanol–water partition coefficient (Wildman–Crippen LogP) is 1.88. The first-order chi connectivity index (χ1) is 7.77. The quantitative estimate of drug-likeness (QED) is 0.620. The smallest absolute Gasteiger partial charge is 0.183 e. The van der Waals surface area contributed by atoms with Crippen molar-refractivity contribution in [2.24, 2.45) is 7.05 Å². The average molecular weight is 214 g/mol. The lowest BCUT2D eigenvalue weighted by Crippen LogP contribution is -2.07. The Morgan fingerprint density at radius 3 is 2.94 bits per heavy atom. The van der Waals surface area contributed by atoms with Crippen molar-refractivity contribution in [3.8, 4) is 23.0 Å². The van der Waals surface area contributed by atoms with Crippen LogP contribution in [-0.4, -0.2) is 19.5 Å². The molecule has 0 fully saturated rings. The van der Waals surface area contributed by atoms with Gasteiger partial charge < -0.3 is 8.98 Å². The number of hydrogen-bond donors (Lipinski definition) is 0. The third-order valence-electron chi connectivity index (χ3n) is 2.65. The molecule has 5 heteroatoms. The number of nitrogens with zero attached hydrogens (tertiary/aromatic N) is 4. The van der Waals surface area contributed by atoms with E-state index in [0.717, 1.165) is 23.0 Å². The highest BCUT2D eigenvalue weighted by atomic mass is 16.3. The normalized spacial score (nSPS) is 11.1. The minimum Gasteiger partial charge on any atom is -0.463 e. The van der Waals surface area contributed by atoms with Crippen molar-refractivity contribution in [1.82, 2.24) is 19.5 Å². The number of furan rings is 1. The van der Waals surface area contributed by atoms with Gasteiger partial charge in [0.15, 0.2) is 11.6 Å². The van der Waals surface area contributed by atoms with Crippen molar-refractivity contribution in [2.45, 2.75) is 6.92 Å². The summed E-state index contributed by atoms with van der Waals surface area (Å²) >= 11 is 0. The van der Waals surface area contributed by atoms with Crippen LogP contribution in [0.3, 0.4) is 0 Å². The molecule has 80 valence electrons. The van der Waals surface area contributed by atoms with Gasteiger partial charge in [-0.05, 0) is 19.1 Å². The lowest BCUT2D eigenvalue weighted by atomic mass is 10.2. The Balaban J connectivity index is 2.39. The van der Waals surface area contributed by atoms with E-state index in [4.69, 9.17) is 4.42 Å². The van der Waals surface area contributed by atoms with E-state index < -0.39 is 0 Å². The van der Waals surface area contributed by atoms with Gasteiger partial charge in [0.25, 0.3) is 0 Å². The van der Waals surface area contributed by atoms with Crippen LogP contribution in [0, 0.1) is 6.92 Å². The van der Waals surface area contributed by atoms with Gasteiger partial charge in [-0.3, -0.25) is 0 Å². The van der Waals surface area contributed by atoms with Gasteiger partial charge >= 0.3 is 0 Å². The highest BCUT2D eigenvalue weighted by Gasteiger charge is 2.20. The van der Waals surface area contributed by atoms with E-state index in [1.165, 1.54) is 6.33 Å². The fourth-order valence-corrected chi connectivity index (χ4v) is 1.75. The SMILES string of the molecule is Cc1nc2ncnc-2c(-c2ccco2)n1C. The van der Waals surface area contributed by atoms with Crippen LogP contribution in [0.15, 0.2) is 29.1 Å². The van der Waals surface area contributed by atoms with E-state index >= 15 is 0 Å². The maximum atomic E-state index is 5.42. The molecule has 0 bridgehead atoms. The van der Waals surface area contributed by atoms with Gasteiger partial charge in [-0.1, -0.05) is 0 Å². The molecule has 3 rings (SSSR count). The van der Waals surface area contributed by atoms with Crippen LogP contribution < -0.4 is 0 Å². The molecule has 1 aromatic rings. The van der Waals surface area contributed by atoms with E-state index in [1.54, 1.807) is 6.26 Å². The summed E-state index contributed by atoms with van der Waals surface area (Å²) in [6.07, 6.45) is 3.16. The maximum absolute atomic E-state index is 5.42. The molecule has 2 aliphatic rings. The van der Waals surface area contributed by atoms with Crippen molar-refractivity contribution >= 4 is 0 Å². The van der Waals surface area contributed by atoms with Crippen LogP contribution >= 0.6 is 0 Å². The summed E-state index contributed by atoms with van der Waals surface area (Å²) in [7, 11) is 1.94. The topological polar surface area (TPSA) is 56.7 Å². The molecule has 0 radical (unpaired) electrons. The Kier molecular flexibility index (Phi) is 1.80. The Bertz CT molecular complexity index is 597. The van der Waals surface area contributed by atoms with Crippen molar-refractivity contribution < 1.29 is 4.42 Å². The lowest BCUT2D eigenvalue weighted by Gasteiger charge is -2.12. The second-order valence-electron chi connectivity index (χ2n) is 3.59. The molecule has 3 heterocycles. The number of aryl methyl sites for hydroxylation is 1. The third kappa shape index (κ3) is 1.14. The third-order valence-corrected chi connectivity index (χ3v) is 2.65. The second kappa shape index (κ2) is 3.16. The second-order valence-corrected chi connectivity index (χ2v) is 3.59. The van der Waals surface area contributed by atoms with E-state index in [0.29, 0.717) is 5.82 Å². The minimum atomic E-state index is 0.655. The largest absolute Gasteiger partial charge is 0.463 e. The molecule has 1 aromatic heterocycles. The van der Waals surface area contributed by atoms with Gasteiger partial charge in [-0.25, -0.2) is 15.0 Å². The van der Waals surface area contributed by atoms with Gasteiger partial charge in [-0.15, -0.1) is 0 Å². The highest BCUT2D eigenvalue weighted by Crippen LogP contribution is 2.30. The molecule has 0 saturated heterocycles. The van der Waals surface area contributed by atoms with Crippen LogP contribution in [0.2, 0.25) is 0 Å². The monoisotopic (exact) mass is 214 g/mol. The Labute approximate surface area is 92.1 Å². The predicted molar refractivity (Wildman–Crippen MR) is 57.9 cm³/mol. The first kappa shape index (κ1) is 9.08. The van der Waals surface area contributed by atoms with Crippen molar-refractivity contribution in [3.63, 3.8) is 0 Å². The molecule has 16 heavy (non-hydrogen) atoms. The Morgan fingerprint density at radius 2 is 2.19 bits per heavy atom. The van der Waals surface area contributed by atoms with Crippen LogP contribution in [-0.2, 0) is 7.05 Å². The van der Waals surface area contributed by atoms with Crippen LogP contribution in [0.25, 0.3) is 23.0 Å². The first-order valence-corrected chi connectivity index (χ1v) is 4.95. The van der Waals surface area contributed by atoms with E-state index in [2.05, 4.69) is 15.0 Å². The Morgan fingerprint density at radius 1 is 1.31 bits per heavy atom. The molecule has 2 aliphatic heterocycles. The number of imidazole rings is 1. The zero-order chi connectivity index (χ0) is 11.1. The summed E-state index contributed by atoms with van der Waals surface area (Å²) in [5.74, 6) is 2.31. The maximum Gasteiger partial charge on any atom is 0.183 e. The van der Waals surface area contributed by atoms with Gasteiger partial charge in [0.2, 0.25) is 0 Å². The summed E-state index contributed by atoms with van der Waals surface area (Å²) in [6.45, 7) is 1.93. The molecule has 0 aromatic carbocycles. The highest BCUT2D eigenvalue weighted by molar-refractivity contribution is 5.72. The fraction of sp³-hybridized carbons (Fsp3) is 0.182. The molecule has 0 amide bonds.